The highest BCUT2D eigenvalue weighted by Gasteiger charge is 2.48. The summed E-state index contributed by atoms with van der Waals surface area (Å²) >= 11 is 1.33. The number of hydrogen-bond donors (Lipinski definition) is 1. The number of esters is 2. The first kappa shape index (κ1) is 32.3. The van der Waals surface area contributed by atoms with Gasteiger partial charge in [-0.2, -0.15) is 0 Å². The number of fused-ring (bicyclic) bond motifs is 1. The Morgan fingerprint density at radius 1 is 1.00 bits per heavy atom. The van der Waals surface area contributed by atoms with Crippen LogP contribution in [0.5, 0.6) is 23.0 Å². The first-order valence-electron chi connectivity index (χ1n) is 14.0. The lowest BCUT2D eigenvalue weighted by molar-refractivity contribution is -0.143. The van der Waals surface area contributed by atoms with Crippen LogP contribution in [0.1, 0.15) is 37.9 Å². The molecular weight excluding hydrogens is 588 g/mol. The van der Waals surface area contributed by atoms with Crippen molar-refractivity contribution >= 4 is 35.7 Å². The molecule has 2 aliphatic rings. The van der Waals surface area contributed by atoms with Gasteiger partial charge in [0.1, 0.15) is 6.61 Å². The van der Waals surface area contributed by atoms with E-state index in [1.165, 1.54) is 26.0 Å². The minimum absolute atomic E-state index is 0.179. The summed E-state index contributed by atoms with van der Waals surface area (Å²) in [6.07, 6.45) is 3.38. The van der Waals surface area contributed by atoms with Crippen molar-refractivity contribution in [3.8, 4) is 23.0 Å². The Morgan fingerprint density at radius 2 is 1.75 bits per heavy atom. The van der Waals surface area contributed by atoms with E-state index in [-0.39, 0.29) is 25.7 Å². The van der Waals surface area contributed by atoms with Gasteiger partial charge in [-0.1, -0.05) is 36.5 Å². The van der Waals surface area contributed by atoms with Crippen molar-refractivity contribution in [1.82, 2.24) is 10.2 Å². The van der Waals surface area contributed by atoms with Crippen LogP contribution >= 0.6 is 11.8 Å². The highest BCUT2D eigenvalue weighted by atomic mass is 32.2. The van der Waals surface area contributed by atoms with Gasteiger partial charge in [0.05, 0.1) is 44.0 Å². The number of carbonyl (C=O) groups excluding carboxylic acids is 3. The van der Waals surface area contributed by atoms with Crippen molar-refractivity contribution in [3.63, 3.8) is 0 Å². The molecule has 1 fully saturated rings. The Kier molecular flexibility index (Phi) is 10.8. The van der Waals surface area contributed by atoms with E-state index >= 15 is 0 Å². The summed E-state index contributed by atoms with van der Waals surface area (Å²) in [6, 6.07) is 9.72. The predicted octanol–water partition coefficient (Wildman–Crippen LogP) is 4.59. The number of benzene rings is 2. The van der Waals surface area contributed by atoms with E-state index in [1.54, 1.807) is 61.2 Å². The second-order valence-corrected chi connectivity index (χ2v) is 10.6. The Labute approximate surface area is 260 Å². The number of nitrogens with zero attached hydrogens (tertiary/aromatic N) is 1. The number of hydrogen-bond acceptors (Lipinski definition) is 11. The van der Waals surface area contributed by atoms with Crippen LogP contribution < -0.4 is 24.3 Å². The van der Waals surface area contributed by atoms with E-state index in [4.69, 9.17) is 23.7 Å². The van der Waals surface area contributed by atoms with Crippen molar-refractivity contribution in [2.45, 2.75) is 32.3 Å². The zero-order valence-electron chi connectivity index (χ0n) is 25.3. The summed E-state index contributed by atoms with van der Waals surface area (Å²) in [5.74, 6) is 0.432. The minimum atomic E-state index is -0.762. The number of allylic oxidation sites excluding steroid dienone is 1. The zero-order chi connectivity index (χ0) is 31.8. The molecule has 0 saturated carbocycles. The molecule has 11 nitrogen and oxygen atoms in total. The number of carbonyl (C=O) groups is 3. The molecule has 4 rings (SSSR count). The lowest BCUT2D eigenvalue weighted by Gasteiger charge is -2.39. The molecule has 2 aromatic rings. The van der Waals surface area contributed by atoms with Gasteiger partial charge in [-0.15, -0.1) is 0 Å². The molecule has 0 aromatic heterocycles. The second-order valence-electron chi connectivity index (χ2n) is 9.51. The Bertz CT molecular complexity index is 1490. The molecule has 2 unspecified atom stereocenters. The molecule has 0 aliphatic carbocycles. The maximum absolute atomic E-state index is 14.1. The van der Waals surface area contributed by atoms with E-state index in [1.807, 2.05) is 13.0 Å². The van der Waals surface area contributed by atoms with Crippen LogP contribution in [0.2, 0.25) is 0 Å². The van der Waals surface area contributed by atoms with E-state index < -0.39 is 23.5 Å². The summed E-state index contributed by atoms with van der Waals surface area (Å²) in [6.45, 7) is 9.61. The minimum Gasteiger partial charge on any atom is -0.493 e. The van der Waals surface area contributed by atoms with Gasteiger partial charge in [-0.05, 0) is 62.2 Å². The molecule has 12 heteroatoms. The third-order valence-electron chi connectivity index (χ3n) is 6.73. The third kappa shape index (κ3) is 6.96. The van der Waals surface area contributed by atoms with Gasteiger partial charge in [-0.3, -0.25) is 9.69 Å². The van der Waals surface area contributed by atoms with Crippen LogP contribution in [0, 0.1) is 0 Å². The van der Waals surface area contributed by atoms with Gasteiger partial charge in [-0.25, -0.2) is 9.59 Å². The maximum atomic E-state index is 14.1. The quantitative estimate of drug-likeness (QED) is 0.191. The van der Waals surface area contributed by atoms with Gasteiger partial charge >= 0.3 is 11.9 Å². The molecule has 0 spiro atoms. The van der Waals surface area contributed by atoms with Crippen LogP contribution in [0.15, 0.2) is 65.2 Å². The Morgan fingerprint density at radius 3 is 2.43 bits per heavy atom. The molecule has 2 heterocycles. The fourth-order valence-electron chi connectivity index (χ4n) is 4.79. The SMILES string of the molecule is C=CCOc1ccc(C2C(C(=O)OCC)=C(C)NC3S/C(=C\c4ccc(OCC(=O)OC)c(OCC)c4)C(=O)N32)cc1OC. The lowest BCUT2D eigenvalue weighted by atomic mass is 9.93. The number of rotatable bonds is 13. The van der Waals surface area contributed by atoms with Gasteiger partial charge in [0.15, 0.2) is 35.1 Å². The number of thioether (sulfide) groups is 1. The number of nitrogens with one attached hydrogen (secondary N) is 1. The molecule has 2 aromatic carbocycles. The zero-order valence-corrected chi connectivity index (χ0v) is 26.2. The summed E-state index contributed by atoms with van der Waals surface area (Å²) in [5.41, 5.74) is 1.78. The number of amides is 1. The van der Waals surface area contributed by atoms with Gasteiger partial charge in [0.2, 0.25) is 0 Å². The monoisotopic (exact) mass is 624 g/mol. The maximum Gasteiger partial charge on any atom is 0.343 e. The average molecular weight is 625 g/mol. The molecule has 1 N–H and O–H groups in total. The largest absolute Gasteiger partial charge is 0.493 e. The number of ether oxygens (including phenoxy) is 6. The molecule has 1 saturated heterocycles. The molecular formula is C32H36N2O9S. The van der Waals surface area contributed by atoms with E-state index in [9.17, 15) is 14.4 Å². The Balaban J connectivity index is 1.72. The van der Waals surface area contributed by atoms with E-state index in [2.05, 4.69) is 16.6 Å². The topological polar surface area (TPSA) is 122 Å². The normalized spacial score (nSPS) is 18.3. The van der Waals surface area contributed by atoms with Crippen molar-refractivity contribution in [2.24, 2.45) is 0 Å². The molecule has 44 heavy (non-hydrogen) atoms. The van der Waals surface area contributed by atoms with Crippen LogP contribution in [-0.4, -0.2) is 68.9 Å². The van der Waals surface area contributed by atoms with Crippen LogP contribution in [-0.2, 0) is 23.9 Å². The lowest BCUT2D eigenvalue weighted by Crippen LogP contribution is -2.50. The van der Waals surface area contributed by atoms with Crippen molar-refractivity contribution in [1.29, 1.82) is 0 Å². The summed E-state index contributed by atoms with van der Waals surface area (Å²) in [5, 5.41) is 3.31. The van der Waals surface area contributed by atoms with E-state index in [0.29, 0.717) is 56.9 Å². The molecule has 0 radical (unpaired) electrons. The van der Waals surface area contributed by atoms with Crippen molar-refractivity contribution in [2.75, 3.05) is 40.6 Å². The average Bonchev–Trinajstić information content (AvgIpc) is 3.32. The Hall–Kier alpha value is -4.58. The highest BCUT2D eigenvalue weighted by Crippen LogP contribution is 2.48. The standard InChI is InChI=1S/C32H36N2O9S/c1-7-14-42-22-13-11-21(17-24(22)38-5)29-28(31(37)41-9-3)19(4)33-32-34(29)30(36)26(44-32)16-20-10-12-23(25(15-20)40-8-2)43-18-27(35)39-6/h7,10-13,15-17,29,32-33H,1,8-9,14,18H2,2-6H3/b26-16-. The highest BCUT2D eigenvalue weighted by molar-refractivity contribution is 8.05. The van der Waals surface area contributed by atoms with Crippen molar-refractivity contribution < 1.29 is 42.8 Å². The molecule has 2 aliphatic heterocycles. The smallest absolute Gasteiger partial charge is 0.343 e. The fourth-order valence-corrected chi connectivity index (χ4v) is 6.01. The molecule has 1 amide bonds. The van der Waals surface area contributed by atoms with Crippen molar-refractivity contribution in [3.05, 3.63) is 76.4 Å². The fraction of sp³-hybridized carbons (Fsp3) is 0.344. The first-order valence-corrected chi connectivity index (χ1v) is 14.9. The molecule has 234 valence electrons. The molecule has 0 bridgehead atoms. The van der Waals surface area contributed by atoms with Gasteiger partial charge < -0.3 is 33.7 Å². The van der Waals surface area contributed by atoms with Crippen LogP contribution in [0.3, 0.4) is 0 Å². The van der Waals surface area contributed by atoms with Gasteiger partial charge in [0, 0.05) is 5.70 Å². The molecule has 2 atom stereocenters. The van der Waals surface area contributed by atoms with Crippen LogP contribution in [0.4, 0.5) is 0 Å². The summed E-state index contributed by atoms with van der Waals surface area (Å²) in [7, 11) is 2.81. The third-order valence-corrected chi connectivity index (χ3v) is 7.84. The first-order chi connectivity index (χ1) is 21.3. The van der Waals surface area contributed by atoms with Gasteiger partial charge in [0.25, 0.3) is 5.91 Å². The van der Waals surface area contributed by atoms with E-state index in [0.717, 1.165) is 0 Å². The second kappa shape index (κ2) is 14.7. The van der Waals surface area contributed by atoms with Crippen LogP contribution in [0.25, 0.3) is 6.08 Å². The number of methoxy groups -OCH3 is 2. The predicted molar refractivity (Wildman–Crippen MR) is 165 cm³/mol. The summed E-state index contributed by atoms with van der Waals surface area (Å²) in [4.78, 5) is 41.0. The summed E-state index contributed by atoms with van der Waals surface area (Å²) < 4.78 is 32.7.